The molecule has 0 unspecified atom stereocenters. The third-order valence-electron chi connectivity index (χ3n) is 3.64. The zero-order valence-electron chi connectivity index (χ0n) is 13.9. The Kier molecular flexibility index (Phi) is 6.10. The first-order valence-electron chi connectivity index (χ1n) is 7.12. The number of hydrogen-bond acceptors (Lipinski definition) is 4. The number of ether oxygens (including phenoxy) is 2. The number of methoxy groups -OCH3 is 2. The molecule has 5 heteroatoms. The molecule has 0 N–H and O–H groups in total. The van der Waals surface area contributed by atoms with Crippen LogP contribution in [0.1, 0.15) is 20.3 Å². The van der Waals surface area contributed by atoms with Gasteiger partial charge in [-0.05, 0) is 0 Å². The van der Waals surface area contributed by atoms with Crippen molar-refractivity contribution in [2.24, 2.45) is 15.9 Å². The Hall–Kier alpha value is -0.521. The maximum atomic E-state index is 5.46. The zero-order valence-corrected chi connectivity index (χ0v) is 16.7. The minimum atomic E-state index is -2.10. The Labute approximate surface area is 127 Å². The van der Waals surface area contributed by atoms with Crippen LogP contribution in [0.4, 0.5) is 0 Å². The molecule has 0 aromatic carbocycles. The third kappa shape index (κ3) is 4.23. The van der Waals surface area contributed by atoms with Crippen molar-refractivity contribution >= 4 is 30.2 Å². The molecule has 0 amide bonds. The average molecular weight is 387 g/mol. The molecule has 20 heavy (non-hydrogen) atoms. The molecule has 0 saturated carbocycles. The van der Waals surface area contributed by atoms with Crippen molar-refractivity contribution in [1.29, 1.82) is 0 Å². The van der Waals surface area contributed by atoms with E-state index in [1.165, 1.54) is 3.59 Å². The molecule has 0 aliphatic carbocycles. The summed E-state index contributed by atoms with van der Waals surface area (Å²) in [6.07, 6.45) is 0.823. The van der Waals surface area contributed by atoms with E-state index in [1.807, 2.05) is 0 Å². The zero-order chi connectivity index (χ0) is 15.5. The van der Waals surface area contributed by atoms with Crippen molar-refractivity contribution in [3.8, 4) is 0 Å². The molecule has 1 rings (SSSR count). The molecule has 0 bridgehead atoms. The van der Waals surface area contributed by atoms with Crippen LogP contribution in [0.2, 0.25) is 14.8 Å². The van der Waals surface area contributed by atoms with Crippen LogP contribution in [-0.2, 0) is 9.47 Å². The summed E-state index contributed by atoms with van der Waals surface area (Å²) in [6, 6.07) is -0.119. The predicted octanol–water partition coefficient (Wildman–Crippen LogP) is 3.31. The van der Waals surface area contributed by atoms with Crippen LogP contribution < -0.4 is 0 Å². The predicted molar refractivity (Wildman–Crippen MR) is 88.4 cm³/mol. The second-order valence-corrected chi connectivity index (χ2v) is 21.5. The van der Waals surface area contributed by atoms with Gasteiger partial charge in [0.2, 0.25) is 0 Å². The summed E-state index contributed by atoms with van der Waals surface area (Å²) in [6.45, 7) is 8.49. The monoisotopic (exact) mass is 388 g/mol. The van der Waals surface area contributed by atoms with Gasteiger partial charge in [0, 0.05) is 0 Å². The van der Waals surface area contributed by atoms with E-state index in [1.54, 1.807) is 14.2 Å². The summed E-state index contributed by atoms with van der Waals surface area (Å²) >= 11 is -2.10. The van der Waals surface area contributed by atoms with Gasteiger partial charge in [-0.1, -0.05) is 0 Å². The summed E-state index contributed by atoms with van der Waals surface area (Å²) < 4.78 is 12.2. The molecular formula is C15H28N2O2Sn. The van der Waals surface area contributed by atoms with E-state index in [2.05, 4.69) is 40.2 Å². The summed E-state index contributed by atoms with van der Waals surface area (Å²) in [7, 11) is 3.33. The second kappa shape index (κ2) is 6.96. The van der Waals surface area contributed by atoms with E-state index in [9.17, 15) is 0 Å². The Bertz CT molecular complexity index is 422. The maximum absolute atomic E-state index is 5.46. The van der Waals surface area contributed by atoms with Gasteiger partial charge < -0.3 is 0 Å². The molecule has 1 heterocycles. The van der Waals surface area contributed by atoms with E-state index in [4.69, 9.17) is 14.5 Å². The van der Waals surface area contributed by atoms with Gasteiger partial charge >= 0.3 is 127 Å². The van der Waals surface area contributed by atoms with Gasteiger partial charge in [-0.25, -0.2) is 0 Å². The van der Waals surface area contributed by atoms with Gasteiger partial charge in [0.05, 0.1) is 0 Å². The first-order valence-corrected chi connectivity index (χ1v) is 17.1. The standard InChI is InChI=1S/C12H19N2O2.3CH3.Sn/c1-6-7-9-11(15-4)14-10(8(2)3)12(13-9)16-5;;;;/h8-10H,1,7H2,2-5H3;3*1H3;/t9-,10+;;;;/m1..../s1. The molecule has 1 aliphatic rings. The van der Waals surface area contributed by atoms with E-state index >= 15 is 0 Å². The summed E-state index contributed by atoms with van der Waals surface area (Å²) in [5, 5.41) is 0. The summed E-state index contributed by atoms with van der Waals surface area (Å²) in [5.74, 6) is 1.76. The van der Waals surface area contributed by atoms with Crippen molar-refractivity contribution in [2.45, 2.75) is 47.2 Å². The molecule has 0 aromatic heterocycles. The van der Waals surface area contributed by atoms with Gasteiger partial charge in [-0.2, -0.15) is 0 Å². The molecule has 0 aromatic rings. The number of hydrogen-bond donors (Lipinski definition) is 0. The number of aliphatic imine (C=N–C) groups is 2. The van der Waals surface area contributed by atoms with Crippen molar-refractivity contribution in [2.75, 3.05) is 14.2 Å². The van der Waals surface area contributed by atoms with Crippen LogP contribution in [-0.4, -0.2) is 56.5 Å². The van der Waals surface area contributed by atoms with E-state index in [0.717, 1.165) is 6.42 Å². The Balaban J connectivity index is 2.99. The van der Waals surface area contributed by atoms with Crippen LogP contribution in [0.3, 0.4) is 0 Å². The normalized spacial score (nSPS) is 23.2. The molecule has 0 fully saturated rings. The van der Waals surface area contributed by atoms with Crippen LogP contribution >= 0.6 is 0 Å². The quantitative estimate of drug-likeness (QED) is 0.695. The molecule has 4 nitrogen and oxygen atoms in total. The van der Waals surface area contributed by atoms with Crippen molar-refractivity contribution in [1.82, 2.24) is 0 Å². The summed E-state index contributed by atoms with van der Waals surface area (Å²) in [5.41, 5.74) is 0. The fourth-order valence-electron chi connectivity index (χ4n) is 2.03. The van der Waals surface area contributed by atoms with E-state index in [0.29, 0.717) is 17.7 Å². The van der Waals surface area contributed by atoms with Crippen molar-refractivity contribution in [3.05, 3.63) is 10.2 Å². The van der Waals surface area contributed by atoms with Crippen LogP contribution in [0.5, 0.6) is 0 Å². The third-order valence-corrected chi connectivity index (χ3v) is 10.3. The molecule has 0 spiro atoms. The topological polar surface area (TPSA) is 43.2 Å². The Morgan fingerprint density at radius 2 is 1.70 bits per heavy atom. The van der Waals surface area contributed by atoms with Gasteiger partial charge in [0.25, 0.3) is 0 Å². The first-order chi connectivity index (χ1) is 9.20. The fourth-order valence-corrected chi connectivity index (χ4v) is 4.33. The minimum absolute atomic E-state index is 0.0439. The molecule has 1 aliphatic heterocycles. The molecule has 2 atom stereocenters. The van der Waals surface area contributed by atoms with Crippen LogP contribution in [0, 0.1) is 5.92 Å². The number of nitrogens with zero attached hydrogens (tertiary/aromatic N) is 2. The molecule has 0 saturated heterocycles. The van der Waals surface area contributed by atoms with Crippen molar-refractivity contribution < 1.29 is 9.47 Å². The SMILES string of the molecule is C=[C](C[C@H]1N=C(OC)[C@H](C(C)C)N=C1OC)[Sn]([CH3])([CH3])[CH3]. The molecule has 114 valence electrons. The van der Waals surface area contributed by atoms with Crippen molar-refractivity contribution in [3.63, 3.8) is 0 Å². The van der Waals surface area contributed by atoms with Gasteiger partial charge in [-0.3, -0.25) is 0 Å². The molecule has 0 radical (unpaired) electrons. The van der Waals surface area contributed by atoms with Gasteiger partial charge in [0.15, 0.2) is 0 Å². The van der Waals surface area contributed by atoms with Gasteiger partial charge in [0.1, 0.15) is 0 Å². The average Bonchev–Trinajstić information content (AvgIpc) is 2.36. The van der Waals surface area contributed by atoms with Gasteiger partial charge in [-0.15, -0.1) is 0 Å². The summed E-state index contributed by atoms with van der Waals surface area (Å²) in [4.78, 5) is 16.5. The molecular weight excluding hydrogens is 359 g/mol. The number of rotatable bonds is 4. The first kappa shape index (κ1) is 17.5. The van der Waals surface area contributed by atoms with Crippen LogP contribution in [0.15, 0.2) is 20.2 Å². The Morgan fingerprint density at radius 3 is 2.10 bits per heavy atom. The Morgan fingerprint density at radius 1 is 1.15 bits per heavy atom. The second-order valence-electron chi connectivity index (χ2n) is 6.61. The fraction of sp³-hybridized carbons (Fsp3) is 0.733. The van der Waals surface area contributed by atoms with E-state index in [-0.39, 0.29) is 12.1 Å². The van der Waals surface area contributed by atoms with E-state index < -0.39 is 18.4 Å². The van der Waals surface area contributed by atoms with Crippen LogP contribution in [0.25, 0.3) is 0 Å².